The molecule has 1 aliphatic carbocycles. The highest BCUT2D eigenvalue weighted by molar-refractivity contribution is 5.97. The summed E-state index contributed by atoms with van der Waals surface area (Å²) in [5, 5.41) is 2.88. The summed E-state index contributed by atoms with van der Waals surface area (Å²) in [6.07, 6.45) is 2.64. The third-order valence-corrected chi connectivity index (χ3v) is 4.66. The van der Waals surface area contributed by atoms with Gasteiger partial charge >= 0.3 is 0 Å². The summed E-state index contributed by atoms with van der Waals surface area (Å²) >= 11 is 0. The lowest BCUT2D eigenvalue weighted by Crippen LogP contribution is -2.63. The van der Waals surface area contributed by atoms with Crippen molar-refractivity contribution in [3.63, 3.8) is 0 Å². The van der Waals surface area contributed by atoms with Crippen LogP contribution in [0.25, 0.3) is 0 Å². The van der Waals surface area contributed by atoms with E-state index in [4.69, 9.17) is 0 Å². The maximum atomic E-state index is 12.7. The number of amides is 2. The Morgan fingerprint density at radius 1 is 1.19 bits per heavy atom. The van der Waals surface area contributed by atoms with Gasteiger partial charge < -0.3 is 10.2 Å². The van der Waals surface area contributed by atoms with Gasteiger partial charge in [-0.05, 0) is 30.7 Å². The summed E-state index contributed by atoms with van der Waals surface area (Å²) in [5.41, 5.74) is 0.900. The van der Waals surface area contributed by atoms with Gasteiger partial charge in [0.25, 0.3) is 0 Å². The Bertz CT molecular complexity index is 537. The van der Waals surface area contributed by atoms with Crippen LogP contribution in [0.2, 0.25) is 0 Å². The van der Waals surface area contributed by atoms with Crippen LogP contribution in [0.3, 0.4) is 0 Å². The average Bonchev–Trinajstić information content (AvgIpc) is 2.47. The van der Waals surface area contributed by atoms with Crippen LogP contribution < -0.4 is 5.32 Å². The first-order valence-electron chi connectivity index (χ1n) is 7.79. The Morgan fingerprint density at radius 2 is 1.86 bits per heavy atom. The molecular formula is C17H22N2O2. The van der Waals surface area contributed by atoms with Crippen molar-refractivity contribution in [3.05, 3.63) is 35.9 Å². The predicted octanol–water partition coefficient (Wildman–Crippen LogP) is 2.26. The lowest BCUT2D eigenvalue weighted by atomic mass is 9.78. The predicted molar refractivity (Wildman–Crippen MR) is 80.4 cm³/mol. The molecule has 21 heavy (non-hydrogen) atoms. The molecule has 1 aliphatic heterocycles. The Morgan fingerprint density at radius 3 is 2.43 bits per heavy atom. The molecule has 1 N–H and O–H groups in total. The summed E-state index contributed by atoms with van der Waals surface area (Å²) in [6, 6.07) is 8.99. The van der Waals surface area contributed by atoms with Gasteiger partial charge in [-0.2, -0.15) is 0 Å². The maximum Gasteiger partial charge on any atom is 0.248 e. The molecule has 2 aliphatic rings. The number of nitrogens with one attached hydrogen (secondary N) is 1. The van der Waals surface area contributed by atoms with E-state index in [0.29, 0.717) is 12.3 Å². The first-order chi connectivity index (χ1) is 10.1. The third-order valence-electron chi connectivity index (χ3n) is 4.66. The van der Waals surface area contributed by atoms with Crippen molar-refractivity contribution in [1.29, 1.82) is 0 Å². The van der Waals surface area contributed by atoms with Crippen molar-refractivity contribution in [1.82, 2.24) is 10.2 Å². The standard InChI is InChI=1S/C17H22N2O2/c1-3-14-17(21)19(13-9-11(2)10-13)15(16(20)18-14)12-7-5-4-6-8-12/h4-8,11,13-15H,3,9-10H2,1-2H3,(H,18,20). The van der Waals surface area contributed by atoms with E-state index in [1.165, 1.54) is 0 Å². The fraction of sp³-hybridized carbons (Fsp3) is 0.529. The molecule has 0 aromatic heterocycles. The molecule has 0 spiro atoms. The first kappa shape index (κ1) is 14.1. The molecule has 2 unspecified atom stereocenters. The number of rotatable bonds is 3. The molecule has 112 valence electrons. The molecule has 2 amide bonds. The molecule has 2 fully saturated rings. The second-order valence-corrected chi connectivity index (χ2v) is 6.26. The summed E-state index contributed by atoms with van der Waals surface area (Å²) in [7, 11) is 0. The van der Waals surface area contributed by atoms with E-state index >= 15 is 0 Å². The molecule has 2 atom stereocenters. The average molecular weight is 286 g/mol. The van der Waals surface area contributed by atoms with Gasteiger partial charge in [-0.25, -0.2) is 0 Å². The number of nitrogens with zero attached hydrogens (tertiary/aromatic N) is 1. The van der Waals surface area contributed by atoms with Gasteiger partial charge in [-0.15, -0.1) is 0 Å². The molecule has 1 heterocycles. The van der Waals surface area contributed by atoms with E-state index in [9.17, 15) is 9.59 Å². The largest absolute Gasteiger partial charge is 0.342 e. The quantitative estimate of drug-likeness (QED) is 0.926. The number of hydrogen-bond acceptors (Lipinski definition) is 2. The van der Waals surface area contributed by atoms with Crippen molar-refractivity contribution >= 4 is 11.8 Å². The van der Waals surface area contributed by atoms with Gasteiger partial charge in [0.2, 0.25) is 11.8 Å². The fourth-order valence-electron chi connectivity index (χ4n) is 3.45. The van der Waals surface area contributed by atoms with E-state index in [0.717, 1.165) is 18.4 Å². The van der Waals surface area contributed by atoms with E-state index < -0.39 is 6.04 Å². The highest BCUT2D eigenvalue weighted by Crippen LogP contribution is 2.38. The monoisotopic (exact) mass is 286 g/mol. The SMILES string of the molecule is CCC1NC(=O)C(c2ccccc2)N(C2CC(C)C2)C1=O. The molecule has 4 heteroatoms. The zero-order chi connectivity index (χ0) is 15.0. The minimum atomic E-state index is -0.473. The number of carbonyl (C=O) groups excluding carboxylic acids is 2. The first-order valence-corrected chi connectivity index (χ1v) is 7.79. The molecule has 1 aromatic carbocycles. The fourth-order valence-corrected chi connectivity index (χ4v) is 3.45. The Labute approximate surface area is 125 Å². The smallest absolute Gasteiger partial charge is 0.248 e. The van der Waals surface area contributed by atoms with Gasteiger partial charge in [0, 0.05) is 6.04 Å². The molecular weight excluding hydrogens is 264 g/mol. The van der Waals surface area contributed by atoms with Crippen LogP contribution in [0.15, 0.2) is 30.3 Å². The topological polar surface area (TPSA) is 49.4 Å². The van der Waals surface area contributed by atoms with Gasteiger partial charge in [0.05, 0.1) is 0 Å². The zero-order valence-corrected chi connectivity index (χ0v) is 12.6. The highest BCUT2D eigenvalue weighted by atomic mass is 16.2. The van der Waals surface area contributed by atoms with Crippen LogP contribution in [0, 0.1) is 5.92 Å². The van der Waals surface area contributed by atoms with Crippen LogP contribution in [0.5, 0.6) is 0 Å². The zero-order valence-electron chi connectivity index (χ0n) is 12.6. The Hall–Kier alpha value is -1.84. The highest BCUT2D eigenvalue weighted by Gasteiger charge is 2.46. The van der Waals surface area contributed by atoms with Crippen molar-refractivity contribution in [2.45, 2.75) is 51.2 Å². The summed E-state index contributed by atoms with van der Waals surface area (Å²) in [4.78, 5) is 27.1. The summed E-state index contributed by atoms with van der Waals surface area (Å²) in [5.74, 6) is 0.666. The van der Waals surface area contributed by atoms with E-state index in [1.54, 1.807) is 0 Å². The Balaban J connectivity index is 1.94. The second-order valence-electron chi connectivity index (χ2n) is 6.26. The normalized spacial score (nSPS) is 32.6. The second kappa shape index (κ2) is 5.51. The summed E-state index contributed by atoms with van der Waals surface area (Å²) < 4.78 is 0. The molecule has 1 saturated carbocycles. The Kier molecular flexibility index (Phi) is 3.70. The maximum absolute atomic E-state index is 12.7. The van der Waals surface area contributed by atoms with Gasteiger partial charge in [0.15, 0.2) is 0 Å². The van der Waals surface area contributed by atoms with Crippen molar-refractivity contribution in [2.24, 2.45) is 5.92 Å². The number of piperazine rings is 1. The van der Waals surface area contributed by atoms with Crippen molar-refractivity contribution < 1.29 is 9.59 Å². The minimum Gasteiger partial charge on any atom is -0.342 e. The van der Waals surface area contributed by atoms with Crippen molar-refractivity contribution in [3.8, 4) is 0 Å². The lowest BCUT2D eigenvalue weighted by Gasteiger charge is -2.48. The molecule has 4 nitrogen and oxygen atoms in total. The van der Waals surface area contributed by atoms with Gasteiger partial charge in [-0.3, -0.25) is 9.59 Å². The summed E-state index contributed by atoms with van der Waals surface area (Å²) in [6.45, 7) is 4.13. The molecule has 0 radical (unpaired) electrons. The van der Waals surface area contributed by atoms with E-state index in [-0.39, 0.29) is 23.9 Å². The van der Waals surface area contributed by atoms with E-state index in [2.05, 4.69) is 12.2 Å². The van der Waals surface area contributed by atoms with Gasteiger partial charge in [0.1, 0.15) is 12.1 Å². The van der Waals surface area contributed by atoms with E-state index in [1.807, 2.05) is 42.2 Å². The third kappa shape index (κ3) is 2.43. The van der Waals surface area contributed by atoms with Crippen LogP contribution in [-0.2, 0) is 9.59 Å². The molecule has 1 aromatic rings. The van der Waals surface area contributed by atoms with Crippen molar-refractivity contribution in [2.75, 3.05) is 0 Å². The van der Waals surface area contributed by atoms with Crippen LogP contribution in [0.4, 0.5) is 0 Å². The number of benzene rings is 1. The number of carbonyl (C=O) groups is 2. The molecule has 3 rings (SSSR count). The number of hydrogen-bond donors (Lipinski definition) is 1. The van der Waals surface area contributed by atoms with Crippen LogP contribution in [0.1, 0.15) is 44.7 Å². The lowest BCUT2D eigenvalue weighted by molar-refractivity contribution is -0.155. The molecule has 0 bridgehead atoms. The minimum absolute atomic E-state index is 0.0489. The van der Waals surface area contributed by atoms with Gasteiger partial charge in [-0.1, -0.05) is 44.2 Å². The van der Waals surface area contributed by atoms with Crippen LogP contribution >= 0.6 is 0 Å². The molecule has 1 saturated heterocycles. The van der Waals surface area contributed by atoms with Crippen LogP contribution in [-0.4, -0.2) is 28.8 Å².